The van der Waals surface area contributed by atoms with Crippen LogP contribution >= 0.6 is 0 Å². The average molecular weight is 186 g/mol. The summed E-state index contributed by atoms with van der Waals surface area (Å²) in [6.07, 6.45) is 0.965. The van der Waals surface area contributed by atoms with Crippen LogP contribution in [0.25, 0.3) is 0 Å². The highest BCUT2D eigenvalue weighted by Crippen LogP contribution is 2.10. The Balaban J connectivity index is 2.28. The lowest BCUT2D eigenvalue weighted by Gasteiger charge is -2.34. The number of nitrogens with zero attached hydrogens (tertiary/aromatic N) is 1. The molecule has 4 nitrogen and oxygen atoms in total. The lowest BCUT2D eigenvalue weighted by Crippen LogP contribution is -2.46. The molecule has 1 rings (SSSR count). The van der Waals surface area contributed by atoms with Gasteiger partial charge in [-0.05, 0) is 13.8 Å². The molecule has 13 heavy (non-hydrogen) atoms. The first-order chi connectivity index (χ1) is 6.08. The number of rotatable bonds is 3. The topological polar surface area (TPSA) is 55.6 Å². The van der Waals surface area contributed by atoms with Crippen LogP contribution in [0.4, 0.5) is 0 Å². The molecule has 1 fully saturated rings. The molecule has 2 N–H and O–H groups in total. The fourth-order valence-corrected chi connectivity index (χ4v) is 1.74. The number of nitrogens with two attached hydrogens (primary N) is 1. The number of ether oxygens (including phenoxy) is 1. The van der Waals surface area contributed by atoms with E-state index in [1.54, 1.807) is 0 Å². The molecule has 0 aliphatic carbocycles. The number of carbonyl (C=O) groups is 1. The third-order valence-electron chi connectivity index (χ3n) is 2.17. The Morgan fingerprint density at radius 3 is 2.46 bits per heavy atom. The van der Waals surface area contributed by atoms with Crippen molar-refractivity contribution >= 4 is 5.91 Å². The van der Waals surface area contributed by atoms with Gasteiger partial charge in [0.25, 0.3) is 0 Å². The third-order valence-corrected chi connectivity index (χ3v) is 2.17. The number of amides is 1. The molecule has 1 saturated heterocycles. The molecule has 76 valence electrons. The summed E-state index contributed by atoms with van der Waals surface area (Å²) in [6.45, 7) is 6.66. The normalized spacial score (nSPS) is 30.3. The molecular weight excluding hydrogens is 168 g/mol. The molecule has 2 atom stereocenters. The van der Waals surface area contributed by atoms with Crippen LogP contribution in [0.1, 0.15) is 20.3 Å². The fourth-order valence-electron chi connectivity index (χ4n) is 1.74. The summed E-state index contributed by atoms with van der Waals surface area (Å²) in [4.78, 5) is 12.8. The van der Waals surface area contributed by atoms with Gasteiger partial charge in [-0.3, -0.25) is 9.69 Å². The molecule has 1 amide bonds. The van der Waals surface area contributed by atoms with Crippen LogP contribution in [0.2, 0.25) is 0 Å². The third kappa shape index (κ3) is 3.74. The zero-order valence-electron chi connectivity index (χ0n) is 8.32. The van der Waals surface area contributed by atoms with Gasteiger partial charge in [-0.2, -0.15) is 0 Å². The highest BCUT2D eigenvalue weighted by atomic mass is 16.5. The predicted octanol–water partition coefficient (Wildman–Crippen LogP) is -0.0290. The van der Waals surface area contributed by atoms with E-state index in [1.165, 1.54) is 0 Å². The van der Waals surface area contributed by atoms with Crippen molar-refractivity contribution < 1.29 is 9.53 Å². The maximum Gasteiger partial charge on any atom is 0.218 e. The SMILES string of the molecule is C[C@@H]1CN(CCC(N)=O)C[C@H](C)O1. The number of primary amides is 1. The minimum atomic E-state index is -0.230. The summed E-state index contributed by atoms with van der Waals surface area (Å²) in [5.74, 6) is -0.230. The van der Waals surface area contributed by atoms with Gasteiger partial charge in [0.15, 0.2) is 0 Å². The van der Waals surface area contributed by atoms with Gasteiger partial charge in [-0.1, -0.05) is 0 Å². The Hall–Kier alpha value is -0.610. The van der Waals surface area contributed by atoms with E-state index < -0.39 is 0 Å². The van der Waals surface area contributed by atoms with Gasteiger partial charge in [0, 0.05) is 26.1 Å². The van der Waals surface area contributed by atoms with E-state index in [1.807, 2.05) is 13.8 Å². The van der Waals surface area contributed by atoms with Crippen molar-refractivity contribution in [2.24, 2.45) is 5.73 Å². The second kappa shape index (κ2) is 4.58. The van der Waals surface area contributed by atoms with Gasteiger partial charge in [0.1, 0.15) is 0 Å². The first kappa shape index (κ1) is 10.5. The molecule has 0 aromatic rings. The van der Waals surface area contributed by atoms with Crippen molar-refractivity contribution in [3.05, 3.63) is 0 Å². The monoisotopic (exact) mass is 186 g/mol. The number of carbonyl (C=O) groups excluding carboxylic acids is 1. The predicted molar refractivity (Wildman–Crippen MR) is 50.3 cm³/mol. The van der Waals surface area contributed by atoms with Crippen LogP contribution in [0.5, 0.6) is 0 Å². The molecule has 0 bridgehead atoms. The van der Waals surface area contributed by atoms with E-state index in [9.17, 15) is 4.79 Å². The van der Waals surface area contributed by atoms with Crippen molar-refractivity contribution in [3.63, 3.8) is 0 Å². The highest BCUT2D eigenvalue weighted by Gasteiger charge is 2.21. The van der Waals surface area contributed by atoms with Crippen LogP contribution in [-0.4, -0.2) is 42.6 Å². The Kier molecular flexibility index (Phi) is 3.69. The van der Waals surface area contributed by atoms with Crippen LogP contribution in [0.3, 0.4) is 0 Å². The number of morpholine rings is 1. The molecule has 0 aromatic carbocycles. The Bertz CT molecular complexity index is 174. The second-order valence-corrected chi connectivity index (χ2v) is 3.73. The van der Waals surface area contributed by atoms with Crippen molar-refractivity contribution in [3.8, 4) is 0 Å². The average Bonchev–Trinajstić information content (AvgIpc) is 1.99. The summed E-state index contributed by atoms with van der Waals surface area (Å²) in [5.41, 5.74) is 5.08. The largest absolute Gasteiger partial charge is 0.373 e. The van der Waals surface area contributed by atoms with Gasteiger partial charge < -0.3 is 10.5 Å². The molecule has 1 aliphatic heterocycles. The minimum Gasteiger partial charge on any atom is -0.373 e. The molecule has 1 heterocycles. The molecule has 0 spiro atoms. The minimum absolute atomic E-state index is 0.230. The Morgan fingerprint density at radius 2 is 2.00 bits per heavy atom. The van der Waals surface area contributed by atoms with E-state index >= 15 is 0 Å². The van der Waals surface area contributed by atoms with Crippen LogP contribution in [-0.2, 0) is 9.53 Å². The molecule has 1 aliphatic rings. The van der Waals surface area contributed by atoms with Crippen LogP contribution < -0.4 is 5.73 Å². The lowest BCUT2D eigenvalue weighted by atomic mass is 10.2. The summed E-state index contributed by atoms with van der Waals surface area (Å²) in [7, 11) is 0. The van der Waals surface area contributed by atoms with Gasteiger partial charge in [0.2, 0.25) is 5.91 Å². The molecule has 4 heteroatoms. The van der Waals surface area contributed by atoms with Crippen LogP contribution in [0, 0.1) is 0 Å². The summed E-state index contributed by atoms with van der Waals surface area (Å²) in [6, 6.07) is 0. The van der Waals surface area contributed by atoms with Crippen LogP contribution in [0.15, 0.2) is 0 Å². The molecular formula is C9H18N2O2. The van der Waals surface area contributed by atoms with Gasteiger partial charge >= 0.3 is 0 Å². The molecule has 0 saturated carbocycles. The molecule has 0 aromatic heterocycles. The van der Waals surface area contributed by atoms with Crippen molar-refractivity contribution in [1.29, 1.82) is 0 Å². The Morgan fingerprint density at radius 1 is 1.46 bits per heavy atom. The van der Waals surface area contributed by atoms with Crippen molar-refractivity contribution in [1.82, 2.24) is 4.90 Å². The van der Waals surface area contributed by atoms with E-state index in [-0.39, 0.29) is 18.1 Å². The van der Waals surface area contributed by atoms with Crippen molar-refractivity contribution in [2.75, 3.05) is 19.6 Å². The van der Waals surface area contributed by atoms with Gasteiger partial charge in [-0.25, -0.2) is 0 Å². The number of hydrogen-bond donors (Lipinski definition) is 1. The van der Waals surface area contributed by atoms with E-state index in [0.717, 1.165) is 19.6 Å². The van der Waals surface area contributed by atoms with Crippen molar-refractivity contribution in [2.45, 2.75) is 32.5 Å². The standard InChI is InChI=1S/C9H18N2O2/c1-7-5-11(4-3-9(10)12)6-8(2)13-7/h7-8H,3-6H2,1-2H3,(H2,10,12)/t7-,8+. The molecule has 0 radical (unpaired) electrons. The molecule has 0 unspecified atom stereocenters. The van der Waals surface area contributed by atoms with E-state index in [0.29, 0.717) is 6.42 Å². The maximum atomic E-state index is 10.6. The summed E-state index contributed by atoms with van der Waals surface area (Å²) in [5, 5.41) is 0. The Labute approximate surface area is 79.0 Å². The summed E-state index contributed by atoms with van der Waals surface area (Å²) < 4.78 is 5.57. The van der Waals surface area contributed by atoms with Gasteiger partial charge in [0.05, 0.1) is 12.2 Å². The highest BCUT2D eigenvalue weighted by molar-refractivity contribution is 5.73. The van der Waals surface area contributed by atoms with E-state index in [4.69, 9.17) is 10.5 Å². The first-order valence-electron chi connectivity index (χ1n) is 4.74. The first-order valence-corrected chi connectivity index (χ1v) is 4.74. The zero-order chi connectivity index (χ0) is 9.84. The fraction of sp³-hybridized carbons (Fsp3) is 0.889. The second-order valence-electron chi connectivity index (χ2n) is 3.73. The smallest absolute Gasteiger partial charge is 0.218 e. The van der Waals surface area contributed by atoms with Gasteiger partial charge in [-0.15, -0.1) is 0 Å². The van der Waals surface area contributed by atoms with E-state index in [2.05, 4.69) is 4.90 Å². The zero-order valence-corrected chi connectivity index (χ0v) is 8.32. The quantitative estimate of drug-likeness (QED) is 0.673. The maximum absolute atomic E-state index is 10.6. The summed E-state index contributed by atoms with van der Waals surface area (Å²) >= 11 is 0. The lowest BCUT2D eigenvalue weighted by molar-refractivity contribution is -0.119. The number of hydrogen-bond acceptors (Lipinski definition) is 3.